The van der Waals surface area contributed by atoms with Crippen LogP contribution < -0.4 is 11.4 Å². The molecule has 0 aliphatic rings. The van der Waals surface area contributed by atoms with Crippen LogP contribution in [0.4, 0.5) is 0 Å². The largest absolute Gasteiger partial charge is 0.343 e. The zero-order valence-corrected chi connectivity index (χ0v) is 12.6. The Balaban J connectivity index is 2.27. The maximum absolute atomic E-state index is 11.6. The number of nitrogens with zero attached hydrogens (tertiary/aromatic N) is 2. The Morgan fingerprint density at radius 3 is 2.85 bits per heavy atom. The van der Waals surface area contributed by atoms with Gasteiger partial charge in [-0.1, -0.05) is 25.1 Å². The molecule has 3 N–H and O–H groups in total. The van der Waals surface area contributed by atoms with Gasteiger partial charge in [-0.2, -0.15) is 0 Å². The van der Waals surface area contributed by atoms with Crippen LogP contribution in [0.2, 0.25) is 0 Å². The first-order valence-corrected chi connectivity index (χ1v) is 7.63. The highest BCUT2D eigenvalue weighted by Crippen LogP contribution is 2.29. The zero-order valence-electron chi connectivity index (χ0n) is 11.8. The Morgan fingerprint density at radius 2 is 2.15 bits per heavy atom. The summed E-state index contributed by atoms with van der Waals surface area (Å²) in [6, 6.07) is 8.29. The van der Waals surface area contributed by atoms with Crippen LogP contribution in [0.25, 0.3) is 0 Å². The number of hydrogen-bond donors (Lipinski definition) is 2. The van der Waals surface area contributed by atoms with Crippen molar-refractivity contribution in [3.8, 4) is 0 Å². The van der Waals surface area contributed by atoms with Crippen LogP contribution in [-0.2, 0) is 13.0 Å². The summed E-state index contributed by atoms with van der Waals surface area (Å²) in [5.74, 6) is 0. The van der Waals surface area contributed by atoms with Gasteiger partial charge in [-0.3, -0.25) is 4.57 Å². The molecule has 108 valence electrons. The molecule has 0 amide bonds. The molecule has 2 aromatic rings. The van der Waals surface area contributed by atoms with Crippen molar-refractivity contribution in [3.63, 3.8) is 0 Å². The van der Waals surface area contributed by atoms with Crippen LogP contribution in [0.15, 0.2) is 39.1 Å². The molecule has 5 nitrogen and oxygen atoms in total. The first-order chi connectivity index (χ1) is 9.65. The third-order valence-electron chi connectivity index (χ3n) is 3.22. The molecule has 1 unspecified atom stereocenters. The second-order valence-electron chi connectivity index (χ2n) is 4.64. The Labute approximate surface area is 122 Å². The second kappa shape index (κ2) is 6.76. The maximum Gasteiger partial charge on any atom is 0.343 e. The fraction of sp³-hybridized carbons (Fsp3) is 0.429. The number of nitrogens with two attached hydrogens (primary N) is 1. The lowest BCUT2D eigenvalue weighted by atomic mass is 10.1. The van der Waals surface area contributed by atoms with Gasteiger partial charge in [0.15, 0.2) is 5.16 Å². The number of benzene rings is 1. The van der Waals surface area contributed by atoms with Gasteiger partial charge in [-0.15, -0.1) is 5.10 Å². The predicted molar refractivity (Wildman–Crippen MR) is 81.1 cm³/mol. The van der Waals surface area contributed by atoms with Gasteiger partial charge >= 0.3 is 5.69 Å². The minimum Gasteiger partial charge on any atom is -0.327 e. The quantitative estimate of drug-likeness (QED) is 0.854. The van der Waals surface area contributed by atoms with Crippen molar-refractivity contribution in [2.45, 2.75) is 49.3 Å². The average Bonchev–Trinajstić information content (AvgIpc) is 2.81. The van der Waals surface area contributed by atoms with Crippen molar-refractivity contribution in [1.82, 2.24) is 14.8 Å². The smallest absolute Gasteiger partial charge is 0.327 e. The summed E-state index contributed by atoms with van der Waals surface area (Å²) in [5.41, 5.74) is 7.07. The Hall–Kier alpha value is -1.53. The molecular formula is C14H20N4OS. The fourth-order valence-electron chi connectivity index (χ4n) is 1.96. The molecule has 0 fully saturated rings. The van der Waals surface area contributed by atoms with E-state index in [0.717, 1.165) is 17.7 Å². The van der Waals surface area contributed by atoms with Crippen LogP contribution in [-0.4, -0.2) is 20.8 Å². The first-order valence-electron chi connectivity index (χ1n) is 6.82. The highest BCUT2D eigenvalue weighted by molar-refractivity contribution is 7.99. The summed E-state index contributed by atoms with van der Waals surface area (Å²) in [7, 11) is 0. The van der Waals surface area contributed by atoms with Crippen molar-refractivity contribution in [3.05, 3.63) is 40.3 Å². The predicted octanol–water partition coefficient (Wildman–Crippen LogP) is 2.02. The van der Waals surface area contributed by atoms with Crippen molar-refractivity contribution in [2.24, 2.45) is 5.73 Å². The topological polar surface area (TPSA) is 76.7 Å². The van der Waals surface area contributed by atoms with Gasteiger partial charge in [0.2, 0.25) is 0 Å². The SMILES string of the molecule is CCC(N)Cc1ccccc1Sc1n[nH]c(=O)n1CC. The number of rotatable bonds is 6. The van der Waals surface area contributed by atoms with Gasteiger partial charge in [0, 0.05) is 17.5 Å². The van der Waals surface area contributed by atoms with Crippen LogP contribution in [0.5, 0.6) is 0 Å². The van der Waals surface area contributed by atoms with Gasteiger partial charge in [0.25, 0.3) is 0 Å². The number of aromatic amines is 1. The van der Waals surface area contributed by atoms with E-state index in [1.807, 2.05) is 25.1 Å². The third-order valence-corrected chi connectivity index (χ3v) is 4.33. The molecule has 0 saturated carbocycles. The lowest BCUT2D eigenvalue weighted by molar-refractivity contribution is 0.640. The molecule has 1 atom stereocenters. The highest BCUT2D eigenvalue weighted by Gasteiger charge is 2.12. The number of aromatic nitrogens is 3. The van der Waals surface area contributed by atoms with Crippen molar-refractivity contribution in [1.29, 1.82) is 0 Å². The molecule has 1 aromatic carbocycles. The molecule has 0 radical (unpaired) electrons. The fourth-order valence-corrected chi connectivity index (χ4v) is 3.00. The van der Waals surface area contributed by atoms with Crippen molar-refractivity contribution < 1.29 is 0 Å². The van der Waals surface area contributed by atoms with Crippen molar-refractivity contribution >= 4 is 11.8 Å². The molecule has 1 aromatic heterocycles. The lowest BCUT2D eigenvalue weighted by Crippen LogP contribution is -2.21. The molecule has 20 heavy (non-hydrogen) atoms. The van der Waals surface area contributed by atoms with E-state index >= 15 is 0 Å². The molecule has 0 aliphatic heterocycles. The summed E-state index contributed by atoms with van der Waals surface area (Å²) >= 11 is 1.50. The minimum absolute atomic E-state index is 0.157. The first kappa shape index (κ1) is 14.9. The standard InChI is InChI=1S/C14H20N4OS/c1-3-11(15)9-10-7-5-6-8-12(10)20-14-17-16-13(19)18(14)4-2/h5-8,11H,3-4,9,15H2,1-2H3,(H,16,19). The van der Waals surface area contributed by atoms with Crippen LogP contribution in [0.3, 0.4) is 0 Å². The number of nitrogens with one attached hydrogen (secondary N) is 1. The molecule has 0 aliphatic carbocycles. The molecule has 1 heterocycles. The van der Waals surface area contributed by atoms with E-state index in [9.17, 15) is 4.79 Å². The molecule has 6 heteroatoms. The van der Waals surface area contributed by atoms with Gasteiger partial charge in [0.1, 0.15) is 0 Å². The van der Waals surface area contributed by atoms with Crippen LogP contribution >= 0.6 is 11.8 Å². The molecule has 0 saturated heterocycles. The second-order valence-corrected chi connectivity index (χ2v) is 5.65. The highest BCUT2D eigenvalue weighted by atomic mass is 32.2. The van der Waals surface area contributed by atoms with Gasteiger partial charge < -0.3 is 5.73 Å². The molecular weight excluding hydrogens is 272 g/mol. The van der Waals surface area contributed by atoms with Gasteiger partial charge in [-0.25, -0.2) is 9.89 Å². The van der Waals surface area contributed by atoms with Crippen LogP contribution in [0.1, 0.15) is 25.8 Å². The molecule has 2 rings (SSSR count). The lowest BCUT2D eigenvalue weighted by Gasteiger charge is -2.12. The summed E-state index contributed by atoms with van der Waals surface area (Å²) in [4.78, 5) is 12.7. The van der Waals surface area contributed by atoms with E-state index in [-0.39, 0.29) is 11.7 Å². The Morgan fingerprint density at radius 1 is 1.40 bits per heavy atom. The maximum atomic E-state index is 11.6. The summed E-state index contributed by atoms with van der Waals surface area (Å²) in [6.45, 7) is 4.62. The van der Waals surface area contributed by atoms with Crippen LogP contribution in [0, 0.1) is 0 Å². The molecule has 0 bridgehead atoms. The Kier molecular flexibility index (Phi) is 5.03. The third kappa shape index (κ3) is 3.32. The number of H-pyrrole nitrogens is 1. The number of hydrogen-bond acceptors (Lipinski definition) is 4. The summed E-state index contributed by atoms with van der Waals surface area (Å²) in [5, 5.41) is 7.26. The average molecular weight is 292 g/mol. The van der Waals surface area contributed by atoms with E-state index in [1.54, 1.807) is 4.57 Å². The van der Waals surface area contributed by atoms with E-state index < -0.39 is 0 Å². The van der Waals surface area contributed by atoms with E-state index in [1.165, 1.54) is 17.3 Å². The summed E-state index contributed by atoms with van der Waals surface area (Å²) in [6.07, 6.45) is 1.78. The minimum atomic E-state index is -0.169. The van der Waals surface area contributed by atoms with E-state index in [0.29, 0.717) is 11.7 Å². The van der Waals surface area contributed by atoms with Gasteiger partial charge in [0.05, 0.1) is 0 Å². The van der Waals surface area contributed by atoms with Crippen molar-refractivity contribution in [2.75, 3.05) is 0 Å². The monoisotopic (exact) mass is 292 g/mol. The van der Waals surface area contributed by atoms with E-state index in [4.69, 9.17) is 5.73 Å². The normalized spacial score (nSPS) is 12.6. The molecule has 0 spiro atoms. The van der Waals surface area contributed by atoms with Gasteiger partial charge in [-0.05, 0) is 43.2 Å². The summed E-state index contributed by atoms with van der Waals surface area (Å²) < 4.78 is 1.63. The Bertz CT molecular complexity index is 620. The van der Waals surface area contributed by atoms with E-state index in [2.05, 4.69) is 23.2 Å². The zero-order chi connectivity index (χ0) is 14.5.